The lowest BCUT2D eigenvalue weighted by atomic mass is 10.0. The number of aromatic amines is 1. The van der Waals surface area contributed by atoms with Crippen molar-refractivity contribution in [3.63, 3.8) is 0 Å². The van der Waals surface area contributed by atoms with Crippen molar-refractivity contribution in [1.82, 2.24) is 20.3 Å². The summed E-state index contributed by atoms with van der Waals surface area (Å²) in [6.45, 7) is 6.07. The maximum Gasteiger partial charge on any atom is 0.260 e. The summed E-state index contributed by atoms with van der Waals surface area (Å²) in [4.78, 5) is 36.0. The number of amides is 1. The molecule has 1 aromatic carbocycles. The van der Waals surface area contributed by atoms with E-state index in [4.69, 9.17) is 14.9 Å². The van der Waals surface area contributed by atoms with Crippen molar-refractivity contribution in [1.29, 1.82) is 0 Å². The van der Waals surface area contributed by atoms with Crippen LogP contribution in [0.2, 0.25) is 0 Å². The van der Waals surface area contributed by atoms with Crippen LogP contribution in [0, 0.1) is 13.8 Å². The van der Waals surface area contributed by atoms with Crippen LogP contribution in [0.15, 0.2) is 16.9 Å². The first kappa shape index (κ1) is 21.5. The van der Waals surface area contributed by atoms with E-state index in [1.165, 1.54) is 4.88 Å². The molecule has 0 aliphatic carbocycles. The highest BCUT2D eigenvalue weighted by molar-refractivity contribution is 7.18. The van der Waals surface area contributed by atoms with Gasteiger partial charge in [-0.1, -0.05) is 0 Å². The zero-order chi connectivity index (χ0) is 22.1. The molecule has 1 amide bonds. The van der Waals surface area contributed by atoms with Crippen molar-refractivity contribution in [2.24, 2.45) is 0 Å². The van der Waals surface area contributed by atoms with E-state index in [-0.39, 0.29) is 12.0 Å². The van der Waals surface area contributed by atoms with Gasteiger partial charge in [0, 0.05) is 30.0 Å². The number of hydrogen-bond acceptors (Lipinski definition) is 7. The van der Waals surface area contributed by atoms with Gasteiger partial charge in [0.1, 0.15) is 16.4 Å². The number of carbonyl (C=O) groups excluding carboxylic acids is 1. The highest BCUT2D eigenvalue weighted by atomic mass is 32.1. The number of H-pyrrole nitrogens is 1. The summed E-state index contributed by atoms with van der Waals surface area (Å²) in [6.07, 6.45) is 1.56. The predicted molar refractivity (Wildman–Crippen MR) is 120 cm³/mol. The molecule has 0 saturated heterocycles. The Bertz CT molecular complexity index is 1180. The van der Waals surface area contributed by atoms with Crippen LogP contribution in [0.25, 0.3) is 21.6 Å². The monoisotopic (exact) mass is 442 g/mol. The minimum atomic E-state index is -0.431. The Morgan fingerprint density at radius 2 is 2.10 bits per heavy atom. The minimum absolute atomic E-state index is 0.0835. The van der Waals surface area contributed by atoms with E-state index < -0.39 is 5.91 Å². The lowest BCUT2D eigenvalue weighted by molar-refractivity contribution is -0.129. The number of fused-ring (bicyclic) bond motifs is 3. The van der Waals surface area contributed by atoms with Gasteiger partial charge in [-0.15, -0.1) is 11.3 Å². The number of aryl methyl sites for hydroxylation is 2. The Hall–Kier alpha value is -2.75. The Morgan fingerprint density at radius 1 is 1.35 bits per heavy atom. The van der Waals surface area contributed by atoms with Crippen LogP contribution in [0.1, 0.15) is 34.4 Å². The summed E-state index contributed by atoms with van der Waals surface area (Å²) in [7, 11) is 2.09. The average Bonchev–Trinajstić information content (AvgIpc) is 3.10. The van der Waals surface area contributed by atoms with Crippen molar-refractivity contribution in [3.05, 3.63) is 44.1 Å². The molecule has 9 heteroatoms. The molecular formula is C22H26N4O4S. The quantitative estimate of drug-likeness (QED) is 0.308. The van der Waals surface area contributed by atoms with Gasteiger partial charge >= 0.3 is 0 Å². The Balaban J connectivity index is 1.61. The molecule has 3 aromatic rings. The third-order valence-electron chi connectivity index (χ3n) is 5.55. The van der Waals surface area contributed by atoms with Gasteiger partial charge < -0.3 is 14.6 Å². The standard InChI is InChI=1S/C22H26N4O4S/c1-12-9-14(10-13(2)19(12)30-8-4-5-17(27)25-29)20-23-21(28)18-15-6-7-26(3)11-16(15)31-22(18)24-20/h9-10,29H,4-8,11H2,1-3H3,(H,25,27)(H,23,24,28). The van der Waals surface area contributed by atoms with E-state index in [0.717, 1.165) is 57.7 Å². The predicted octanol–water partition coefficient (Wildman–Crippen LogP) is 2.92. The minimum Gasteiger partial charge on any atom is -0.493 e. The molecule has 1 aliphatic heterocycles. The summed E-state index contributed by atoms with van der Waals surface area (Å²) >= 11 is 1.61. The number of rotatable bonds is 6. The molecule has 0 fully saturated rings. The first-order valence-electron chi connectivity index (χ1n) is 10.3. The van der Waals surface area contributed by atoms with E-state index >= 15 is 0 Å². The second-order valence-electron chi connectivity index (χ2n) is 8.01. The molecule has 3 N–H and O–H groups in total. The zero-order valence-corrected chi connectivity index (χ0v) is 18.7. The number of nitrogens with zero attached hydrogens (tertiary/aromatic N) is 2. The van der Waals surface area contributed by atoms with Crippen LogP contribution in [0.3, 0.4) is 0 Å². The average molecular weight is 443 g/mol. The number of thiophene rings is 1. The number of hydrogen-bond donors (Lipinski definition) is 3. The van der Waals surface area contributed by atoms with Gasteiger partial charge in [-0.3, -0.25) is 14.8 Å². The molecule has 2 aromatic heterocycles. The number of aromatic nitrogens is 2. The molecule has 0 atom stereocenters. The summed E-state index contributed by atoms with van der Waals surface area (Å²) in [5.41, 5.74) is 5.37. The van der Waals surface area contributed by atoms with E-state index in [0.29, 0.717) is 18.9 Å². The van der Waals surface area contributed by atoms with Crippen LogP contribution >= 0.6 is 11.3 Å². The van der Waals surface area contributed by atoms with Crippen molar-refractivity contribution < 1.29 is 14.7 Å². The number of carbonyl (C=O) groups is 1. The largest absolute Gasteiger partial charge is 0.493 e. The molecule has 1 aliphatic rings. The maximum atomic E-state index is 12.9. The first-order chi connectivity index (χ1) is 14.9. The smallest absolute Gasteiger partial charge is 0.260 e. The van der Waals surface area contributed by atoms with Crippen LogP contribution in [0.4, 0.5) is 0 Å². The summed E-state index contributed by atoms with van der Waals surface area (Å²) in [6, 6.07) is 3.91. The van der Waals surface area contributed by atoms with Crippen molar-refractivity contribution in [2.45, 2.75) is 39.7 Å². The number of ether oxygens (including phenoxy) is 1. The fraction of sp³-hybridized carbons (Fsp3) is 0.409. The zero-order valence-electron chi connectivity index (χ0n) is 17.9. The van der Waals surface area contributed by atoms with Crippen molar-refractivity contribution in [2.75, 3.05) is 20.2 Å². The summed E-state index contributed by atoms with van der Waals surface area (Å²) in [5.74, 6) is 0.882. The Labute approximate surface area is 183 Å². The SMILES string of the molecule is Cc1cc(-c2nc3sc4c(c3c(=O)[nH]2)CCN(C)C4)cc(C)c1OCCCC(=O)NO. The lowest BCUT2D eigenvalue weighted by Crippen LogP contribution is -2.25. The molecule has 3 heterocycles. The molecule has 8 nitrogen and oxygen atoms in total. The molecule has 0 unspecified atom stereocenters. The van der Waals surface area contributed by atoms with E-state index in [1.807, 2.05) is 26.0 Å². The van der Waals surface area contributed by atoms with Gasteiger partial charge in [-0.25, -0.2) is 10.5 Å². The molecule has 31 heavy (non-hydrogen) atoms. The normalized spacial score (nSPS) is 13.9. The van der Waals surface area contributed by atoms with E-state index in [1.54, 1.807) is 16.8 Å². The first-order valence-corrected chi connectivity index (χ1v) is 11.1. The molecule has 0 spiro atoms. The van der Waals surface area contributed by atoms with Crippen LogP contribution < -0.4 is 15.8 Å². The summed E-state index contributed by atoms with van der Waals surface area (Å²) in [5, 5.41) is 9.28. The molecule has 0 radical (unpaired) electrons. The second-order valence-corrected chi connectivity index (χ2v) is 9.10. The Morgan fingerprint density at radius 3 is 2.81 bits per heavy atom. The molecule has 4 rings (SSSR count). The van der Waals surface area contributed by atoms with Crippen molar-refractivity contribution in [3.8, 4) is 17.1 Å². The van der Waals surface area contributed by atoms with Crippen LogP contribution in [0.5, 0.6) is 5.75 Å². The fourth-order valence-corrected chi connectivity index (χ4v) is 5.34. The van der Waals surface area contributed by atoms with Crippen LogP contribution in [-0.2, 0) is 17.8 Å². The highest BCUT2D eigenvalue weighted by Crippen LogP contribution is 2.34. The number of benzene rings is 1. The summed E-state index contributed by atoms with van der Waals surface area (Å²) < 4.78 is 5.86. The number of nitrogens with one attached hydrogen (secondary N) is 2. The molecule has 0 bridgehead atoms. The van der Waals surface area contributed by atoms with Crippen molar-refractivity contribution >= 4 is 27.5 Å². The van der Waals surface area contributed by atoms with Gasteiger partial charge in [0.05, 0.1) is 12.0 Å². The van der Waals surface area contributed by atoms with Gasteiger partial charge in [-0.05, 0) is 62.6 Å². The lowest BCUT2D eigenvalue weighted by Gasteiger charge is -2.21. The van der Waals surface area contributed by atoms with Gasteiger partial charge in [0.15, 0.2) is 0 Å². The van der Waals surface area contributed by atoms with E-state index in [9.17, 15) is 9.59 Å². The molecule has 164 valence electrons. The highest BCUT2D eigenvalue weighted by Gasteiger charge is 2.22. The third kappa shape index (κ3) is 4.34. The fourth-order valence-electron chi connectivity index (χ4n) is 4.04. The molecular weight excluding hydrogens is 416 g/mol. The van der Waals surface area contributed by atoms with Crippen LogP contribution in [-0.4, -0.2) is 46.2 Å². The topological polar surface area (TPSA) is 108 Å². The van der Waals surface area contributed by atoms with Gasteiger partial charge in [0.25, 0.3) is 5.56 Å². The van der Waals surface area contributed by atoms with Gasteiger partial charge in [0.2, 0.25) is 5.91 Å². The second kappa shape index (κ2) is 8.78. The Kier molecular flexibility index (Phi) is 6.08. The van der Waals surface area contributed by atoms with E-state index in [2.05, 4.69) is 16.9 Å². The maximum absolute atomic E-state index is 12.9. The third-order valence-corrected chi connectivity index (χ3v) is 6.67. The number of hydroxylamine groups is 1. The number of likely N-dealkylation sites (N-methyl/N-ethyl adjacent to an activating group) is 1. The molecule has 0 saturated carbocycles. The van der Waals surface area contributed by atoms with Gasteiger partial charge in [-0.2, -0.15) is 0 Å².